The molecule has 1 heterocycles. The molecule has 0 amide bonds. The Labute approximate surface area is 140 Å². The van der Waals surface area contributed by atoms with Crippen LogP contribution in [0.15, 0.2) is 24.3 Å². The van der Waals surface area contributed by atoms with Gasteiger partial charge in [-0.2, -0.15) is 0 Å². The molecule has 130 valence electrons. The molecule has 3 N–H and O–H groups in total. The van der Waals surface area contributed by atoms with E-state index in [-0.39, 0.29) is 0 Å². The van der Waals surface area contributed by atoms with Crippen molar-refractivity contribution in [2.24, 2.45) is 0 Å². The van der Waals surface area contributed by atoms with E-state index in [0.717, 1.165) is 52.1 Å². The molecule has 1 saturated heterocycles. The number of hydrogen-bond acceptors (Lipinski definition) is 3. The molecule has 0 aromatic heterocycles. The molecular formula is C19H33N2O2+. The fourth-order valence-corrected chi connectivity index (χ4v) is 3.22. The molecule has 23 heavy (non-hydrogen) atoms. The zero-order valence-corrected chi connectivity index (χ0v) is 14.6. The van der Waals surface area contributed by atoms with E-state index in [0.29, 0.717) is 6.10 Å². The van der Waals surface area contributed by atoms with Crippen LogP contribution < -0.4 is 5.73 Å². The second-order valence-corrected chi connectivity index (χ2v) is 6.44. The Kier molecular flexibility index (Phi) is 8.61. The highest BCUT2D eigenvalue weighted by atomic mass is 16.5. The van der Waals surface area contributed by atoms with Gasteiger partial charge in [0.25, 0.3) is 0 Å². The van der Waals surface area contributed by atoms with Crippen molar-refractivity contribution in [3.63, 3.8) is 0 Å². The quantitative estimate of drug-likeness (QED) is 0.670. The SMILES string of the molecule is COC1CCCN(CCCOCCCc2cccc(C[NH3+])c2)C1. The van der Waals surface area contributed by atoms with Gasteiger partial charge in [-0.3, -0.25) is 0 Å². The van der Waals surface area contributed by atoms with Crippen LogP contribution in [0.3, 0.4) is 0 Å². The highest BCUT2D eigenvalue weighted by molar-refractivity contribution is 5.22. The number of hydrogen-bond donors (Lipinski definition) is 1. The van der Waals surface area contributed by atoms with Gasteiger partial charge >= 0.3 is 0 Å². The molecule has 1 aliphatic heterocycles. The van der Waals surface area contributed by atoms with E-state index >= 15 is 0 Å². The Hall–Kier alpha value is -0.940. The van der Waals surface area contributed by atoms with Crippen LogP contribution in [-0.4, -0.2) is 51.0 Å². The lowest BCUT2D eigenvalue weighted by Crippen LogP contribution is -2.47. The Morgan fingerprint density at radius 3 is 2.87 bits per heavy atom. The van der Waals surface area contributed by atoms with Crippen LogP contribution in [0, 0.1) is 0 Å². The lowest BCUT2D eigenvalue weighted by Gasteiger charge is -2.31. The first-order valence-electron chi connectivity index (χ1n) is 9.01. The molecule has 0 bridgehead atoms. The van der Waals surface area contributed by atoms with Crippen molar-refractivity contribution >= 4 is 0 Å². The van der Waals surface area contributed by atoms with Crippen LogP contribution >= 0.6 is 0 Å². The molecule has 1 atom stereocenters. The summed E-state index contributed by atoms with van der Waals surface area (Å²) in [4.78, 5) is 2.51. The van der Waals surface area contributed by atoms with E-state index in [1.807, 2.05) is 7.11 Å². The molecule has 0 aliphatic carbocycles. The summed E-state index contributed by atoms with van der Waals surface area (Å²) in [7, 11) is 1.82. The number of benzene rings is 1. The molecule has 0 spiro atoms. The Morgan fingerprint density at radius 1 is 1.22 bits per heavy atom. The largest absolute Gasteiger partial charge is 0.381 e. The van der Waals surface area contributed by atoms with Gasteiger partial charge in [-0.1, -0.05) is 24.3 Å². The van der Waals surface area contributed by atoms with Gasteiger partial charge in [-0.05, 0) is 44.2 Å². The maximum Gasteiger partial charge on any atom is 0.0997 e. The summed E-state index contributed by atoms with van der Waals surface area (Å²) in [6, 6.07) is 8.72. The Bertz CT molecular complexity index is 439. The van der Waals surface area contributed by atoms with Crippen molar-refractivity contribution in [1.29, 1.82) is 0 Å². The maximum atomic E-state index is 5.79. The van der Waals surface area contributed by atoms with Gasteiger partial charge in [0.15, 0.2) is 0 Å². The third kappa shape index (κ3) is 7.00. The second-order valence-electron chi connectivity index (χ2n) is 6.44. The van der Waals surface area contributed by atoms with Crippen LogP contribution in [0.2, 0.25) is 0 Å². The first-order chi connectivity index (χ1) is 11.3. The predicted molar refractivity (Wildman–Crippen MR) is 93.3 cm³/mol. The number of piperidine rings is 1. The maximum absolute atomic E-state index is 5.79. The minimum atomic E-state index is 0.429. The third-order valence-corrected chi connectivity index (χ3v) is 4.59. The summed E-state index contributed by atoms with van der Waals surface area (Å²) in [5, 5.41) is 0. The topological polar surface area (TPSA) is 49.3 Å². The van der Waals surface area contributed by atoms with Crippen molar-refractivity contribution in [2.45, 2.75) is 44.8 Å². The molecule has 2 rings (SSSR count). The van der Waals surface area contributed by atoms with Crippen molar-refractivity contribution in [3.8, 4) is 0 Å². The summed E-state index contributed by atoms with van der Waals surface area (Å²) in [5.74, 6) is 0. The monoisotopic (exact) mass is 321 g/mol. The van der Waals surface area contributed by atoms with Crippen molar-refractivity contribution < 1.29 is 15.2 Å². The fraction of sp³-hybridized carbons (Fsp3) is 0.684. The molecule has 1 unspecified atom stereocenters. The molecule has 4 nitrogen and oxygen atoms in total. The minimum Gasteiger partial charge on any atom is -0.381 e. The zero-order valence-electron chi connectivity index (χ0n) is 14.6. The van der Waals surface area contributed by atoms with E-state index in [1.165, 1.54) is 30.5 Å². The normalized spacial score (nSPS) is 19.1. The fourth-order valence-electron chi connectivity index (χ4n) is 3.22. The molecule has 1 aromatic rings. The average molecular weight is 321 g/mol. The van der Waals surface area contributed by atoms with Crippen LogP contribution in [-0.2, 0) is 22.4 Å². The minimum absolute atomic E-state index is 0.429. The number of likely N-dealkylation sites (tertiary alicyclic amines) is 1. The van der Waals surface area contributed by atoms with Gasteiger partial charge < -0.3 is 20.1 Å². The lowest BCUT2D eigenvalue weighted by molar-refractivity contribution is -0.386. The third-order valence-electron chi connectivity index (χ3n) is 4.59. The molecule has 1 aliphatic rings. The van der Waals surface area contributed by atoms with Gasteiger partial charge in [-0.15, -0.1) is 0 Å². The number of aryl methyl sites for hydroxylation is 1. The van der Waals surface area contributed by atoms with Crippen LogP contribution in [0.4, 0.5) is 0 Å². The van der Waals surface area contributed by atoms with Crippen molar-refractivity contribution in [3.05, 3.63) is 35.4 Å². The molecular weight excluding hydrogens is 288 g/mol. The second kappa shape index (κ2) is 10.8. The van der Waals surface area contributed by atoms with Crippen molar-refractivity contribution in [1.82, 2.24) is 4.90 Å². The smallest absolute Gasteiger partial charge is 0.0997 e. The standard InChI is InChI=1S/C19H32N2O2/c1-22-19-9-3-10-21(16-19)11-5-13-23-12-4-8-17-6-2-7-18(14-17)15-20/h2,6-7,14,19H,3-5,8-13,15-16,20H2,1H3/p+1. The van der Waals surface area contributed by atoms with E-state index in [9.17, 15) is 0 Å². The summed E-state index contributed by atoms with van der Waals surface area (Å²) in [5.41, 5.74) is 6.66. The first-order valence-corrected chi connectivity index (χ1v) is 9.01. The van der Waals surface area contributed by atoms with E-state index in [1.54, 1.807) is 0 Å². The van der Waals surface area contributed by atoms with E-state index in [2.05, 4.69) is 34.9 Å². The first kappa shape index (κ1) is 18.4. The van der Waals surface area contributed by atoms with Gasteiger partial charge in [-0.25, -0.2) is 0 Å². The molecule has 1 aromatic carbocycles. The Balaban J connectivity index is 1.49. The van der Waals surface area contributed by atoms with E-state index < -0.39 is 0 Å². The highest BCUT2D eigenvalue weighted by Gasteiger charge is 2.18. The predicted octanol–water partition coefficient (Wildman–Crippen LogP) is 1.88. The molecule has 0 saturated carbocycles. The summed E-state index contributed by atoms with van der Waals surface area (Å²) in [6.45, 7) is 6.01. The van der Waals surface area contributed by atoms with E-state index in [4.69, 9.17) is 9.47 Å². The van der Waals surface area contributed by atoms with Crippen LogP contribution in [0.25, 0.3) is 0 Å². The van der Waals surface area contributed by atoms with Crippen molar-refractivity contribution in [2.75, 3.05) is 40.0 Å². The number of methoxy groups -OCH3 is 1. The number of quaternary nitrogens is 1. The molecule has 1 fully saturated rings. The lowest BCUT2D eigenvalue weighted by atomic mass is 10.1. The number of nitrogens with zero attached hydrogens (tertiary/aromatic N) is 1. The zero-order chi connectivity index (χ0) is 16.3. The summed E-state index contributed by atoms with van der Waals surface area (Å²) < 4.78 is 11.2. The van der Waals surface area contributed by atoms with Crippen LogP contribution in [0.5, 0.6) is 0 Å². The van der Waals surface area contributed by atoms with Gasteiger partial charge in [0.05, 0.1) is 12.6 Å². The van der Waals surface area contributed by atoms with Gasteiger partial charge in [0.2, 0.25) is 0 Å². The molecule has 4 heteroatoms. The Morgan fingerprint density at radius 2 is 2.04 bits per heavy atom. The number of rotatable bonds is 10. The highest BCUT2D eigenvalue weighted by Crippen LogP contribution is 2.12. The molecule has 0 radical (unpaired) electrons. The number of ether oxygens (including phenoxy) is 2. The van der Waals surface area contributed by atoms with Gasteiger partial charge in [0.1, 0.15) is 0 Å². The van der Waals surface area contributed by atoms with Crippen LogP contribution in [0.1, 0.15) is 36.8 Å². The summed E-state index contributed by atoms with van der Waals surface area (Å²) in [6.07, 6.45) is 6.20. The van der Waals surface area contributed by atoms with Gasteiger partial charge in [0, 0.05) is 39.0 Å². The summed E-state index contributed by atoms with van der Waals surface area (Å²) >= 11 is 0. The average Bonchev–Trinajstić information content (AvgIpc) is 2.61.